The molecule has 0 saturated carbocycles. The number of nitro benzene ring substituents is 1. The normalized spacial score (nSPS) is 10.5. The Hall–Kier alpha value is -2.94. The van der Waals surface area contributed by atoms with E-state index in [2.05, 4.69) is 26.5 Å². The van der Waals surface area contributed by atoms with Crippen molar-refractivity contribution in [2.24, 2.45) is 5.10 Å². The van der Waals surface area contributed by atoms with Crippen LogP contribution in [0.4, 0.5) is 5.69 Å². The molecule has 2 aromatic rings. The standard InChI is InChI=1S/C15H12BrN3O5/c16-11-5-6-13(20)10(7-11)8-17-18-15(21)9-24-14-4-2-1-3-12(14)19(22)23/h1-8,20H,9H2,(H,18,21)/b17-8+. The number of hydrogen-bond acceptors (Lipinski definition) is 6. The number of phenols is 1. The molecule has 2 N–H and O–H groups in total. The van der Waals surface area contributed by atoms with Gasteiger partial charge in [0, 0.05) is 16.1 Å². The molecule has 0 unspecified atom stereocenters. The van der Waals surface area contributed by atoms with E-state index in [0.717, 1.165) is 4.47 Å². The van der Waals surface area contributed by atoms with Crippen LogP contribution in [0.5, 0.6) is 11.5 Å². The molecule has 124 valence electrons. The number of ether oxygens (including phenoxy) is 1. The number of rotatable bonds is 6. The number of carbonyl (C=O) groups is 1. The third-order valence-electron chi connectivity index (χ3n) is 2.80. The van der Waals surface area contributed by atoms with Gasteiger partial charge >= 0.3 is 5.69 Å². The Morgan fingerprint density at radius 2 is 2.12 bits per heavy atom. The molecule has 24 heavy (non-hydrogen) atoms. The monoisotopic (exact) mass is 393 g/mol. The Kier molecular flexibility index (Phi) is 5.85. The van der Waals surface area contributed by atoms with Gasteiger partial charge < -0.3 is 9.84 Å². The maximum absolute atomic E-state index is 11.6. The quantitative estimate of drug-likeness (QED) is 0.444. The molecule has 9 heteroatoms. The number of carbonyl (C=O) groups excluding carboxylic acids is 1. The number of halogens is 1. The Bertz CT molecular complexity index is 794. The molecule has 0 aromatic heterocycles. The van der Waals surface area contributed by atoms with Crippen LogP contribution in [0.15, 0.2) is 52.0 Å². The lowest BCUT2D eigenvalue weighted by Crippen LogP contribution is -2.24. The van der Waals surface area contributed by atoms with E-state index >= 15 is 0 Å². The summed E-state index contributed by atoms with van der Waals surface area (Å²) >= 11 is 3.25. The number of phenolic OH excluding ortho intramolecular Hbond substituents is 1. The van der Waals surface area contributed by atoms with E-state index in [1.54, 1.807) is 18.2 Å². The largest absolute Gasteiger partial charge is 0.507 e. The molecule has 0 aliphatic rings. The third-order valence-corrected chi connectivity index (χ3v) is 3.30. The van der Waals surface area contributed by atoms with Crippen LogP contribution in [-0.2, 0) is 4.79 Å². The summed E-state index contributed by atoms with van der Waals surface area (Å²) in [5, 5.41) is 24.1. The average molecular weight is 394 g/mol. The zero-order valence-electron chi connectivity index (χ0n) is 12.2. The molecule has 0 fully saturated rings. The minimum atomic E-state index is -0.598. The third kappa shape index (κ3) is 4.78. The Labute approximate surface area is 145 Å². The van der Waals surface area contributed by atoms with Crippen LogP contribution in [0, 0.1) is 10.1 Å². The van der Waals surface area contributed by atoms with Gasteiger partial charge in [0.05, 0.1) is 11.1 Å². The van der Waals surface area contributed by atoms with Gasteiger partial charge in [0.25, 0.3) is 5.91 Å². The first-order valence-corrected chi connectivity index (χ1v) is 7.43. The summed E-state index contributed by atoms with van der Waals surface area (Å²) in [4.78, 5) is 21.9. The lowest BCUT2D eigenvalue weighted by Gasteiger charge is -2.05. The highest BCUT2D eigenvalue weighted by Gasteiger charge is 2.14. The maximum atomic E-state index is 11.6. The fraction of sp³-hybridized carbons (Fsp3) is 0.0667. The van der Waals surface area contributed by atoms with Crippen LogP contribution in [0.2, 0.25) is 0 Å². The Balaban J connectivity index is 1.91. The Morgan fingerprint density at radius 1 is 1.38 bits per heavy atom. The molecule has 0 bridgehead atoms. The first-order chi connectivity index (χ1) is 11.5. The molecule has 0 atom stereocenters. The number of aromatic hydroxyl groups is 1. The van der Waals surface area contributed by atoms with E-state index in [-0.39, 0.29) is 17.2 Å². The lowest BCUT2D eigenvalue weighted by atomic mass is 10.2. The predicted octanol–water partition coefficient (Wildman–Crippen LogP) is 2.59. The number of nitro groups is 1. The van der Waals surface area contributed by atoms with E-state index in [0.29, 0.717) is 5.56 Å². The summed E-state index contributed by atoms with van der Waals surface area (Å²) in [6.45, 7) is -0.438. The summed E-state index contributed by atoms with van der Waals surface area (Å²) in [6.07, 6.45) is 1.27. The summed E-state index contributed by atoms with van der Waals surface area (Å²) in [5.41, 5.74) is 2.38. The predicted molar refractivity (Wildman–Crippen MR) is 90.1 cm³/mol. The highest BCUT2D eigenvalue weighted by atomic mass is 79.9. The lowest BCUT2D eigenvalue weighted by molar-refractivity contribution is -0.385. The molecule has 2 aromatic carbocycles. The highest BCUT2D eigenvalue weighted by molar-refractivity contribution is 9.10. The van der Waals surface area contributed by atoms with Crippen LogP contribution in [0.3, 0.4) is 0 Å². The minimum Gasteiger partial charge on any atom is -0.507 e. The topological polar surface area (TPSA) is 114 Å². The molecular weight excluding hydrogens is 382 g/mol. The van der Waals surface area contributed by atoms with Gasteiger partial charge in [-0.15, -0.1) is 0 Å². The van der Waals surface area contributed by atoms with Crippen molar-refractivity contribution in [3.63, 3.8) is 0 Å². The molecule has 1 amide bonds. The van der Waals surface area contributed by atoms with Gasteiger partial charge in [0.2, 0.25) is 0 Å². The molecule has 0 spiro atoms. The molecular formula is C15H12BrN3O5. The van der Waals surface area contributed by atoms with Gasteiger partial charge in [-0.25, -0.2) is 5.43 Å². The number of nitrogens with one attached hydrogen (secondary N) is 1. The molecule has 2 rings (SSSR count). The molecule has 0 saturated heterocycles. The second kappa shape index (κ2) is 8.06. The van der Waals surface area contributed by atoms with Crippen molar-refractivity contribution in [3.8, 4) is 11.5 Å². The smallest absolute Gasteiger partial charge is 0.310 e. The number of benzene rings is 2. The second-order valence-corrected chi connectivity index (χ2v) is 5.43. The van der Waals surface area contributed by atoms with E-state index in [9.17, 15) is 20.0 Å². The zero-order valence-corrected chi connectivity index (χ0v) is 13.8. The molecule has 0 aliphatic heterocycles. The van der Waals surface area contributed by atoms with Gasteiger partial charge in [-0.1, -0.05) is 28.1 Å². The minimum absolute atomic E-state index is 0.00681. The van der Waals surface area contributed by atoms with Crippen LogP contribution in [0.1, 0.15) is 5.56 Å². The molecule has 0 radical (unpaired) electrons. The molecule has 0 aliphatic carbocycles. The summed E-state index contributed by atoms with van der Waals surface area (Å²) in [7, 11) is 0. The van der Waals surface area contributed by atoms with E-state index in [4.69, 9.17) is 4.74 Å². The zero-order chi connectivity index (χ0) is 17.5. The fourth-order valence-electron chi connectivity index (χ4n) is 1.71. The van der Waals surface area contributed by atoms with Crippen molar-refractivity contribution < 1.29 is 19.6 Å². The van der Waals surface area contributed by atoms with Crippen LogP contribution >= 0.6 is 15.9 Å². The second-order valence-electron chi connectivity index (χ2n) is 4.51. The average Bonchev–Trinajstić information content (AvgIpc) is 2.56. The molecule has 0 heterocycles. The number of nitrogens with zero attached hydrogens (tertiary/aromatic N) is 2. The van der Waals surface area contributed by atoms with Crippen LogP contribution < -0.4 is 10.2 Å². The number of hydrazone groups is 1. The highest BCUT2D eigenvalue weighted by Crippen LogP contribution is 2.25. The van der Waals surface area contributed by atoms with Gasteiger partial charge in [-0.2, -0.15) is 5.10 Å². The number of hydrogen-bond donors (Lipinski definition) is 2. The van der Waals surface area contributed by atoms with E-state index < -0.39 is 17.4 Å². The van der Waals surface area contributed by atoms with Crippen molar-refractivity contribution in [3.05, 3.63) is 62.6 Å². The molecule has 8 nitrogen and oxygen atoms in total. The van der Waals surface area contributed by atoms with Crippen LogP contribution in [0.25, 0.3) is 0 Å². The summed E-state index contributed by atoms with van der Waals surface area (Å²) in [6, 6.07) is 10.5. The van der Waals surface area contributed by atoms with Gasteiger partial charge in [-0.3, -0.25) is 14.9 Å². The SMILES string of the molecule is O=C(COc1ccccc1[N+](=O)[O-])N/N=C/c1cc(Br)ccc1O. The van der Waals surface area contributed by atoms with Crippen LogP contribution in [-0.4, -0.2) is 28.8 Å². The maximum Gasteiger partial charge on any atom is 0.310 e. The van der Waals surface area contributed by atoms with Crippen molar-refractivity contribution in [1.82, 2.24) is 5.43 Å². The van der Waals surface area contributed by atoms with Crippen molar-refractivity contribution in [2.45, 2.75) is 0 Å². The van der Waals surface area contributed by atoms with Gasteiger partial charge in [0.15, 0.2) is 12.4 Å². The first-order valence-electron chi connectivity index (χ1n) is 6.64. The Morgan fingerprint density at radius 3 is 2.88 bits per heavy atom. The van der Waals surface area contributed by atoms with Gasteiger partial charge in [0.1, 0.15) is 5.75 Å². The van der Waals surface area contributed by atoms with Gasteiger partial charge in [-0.05, 0) is 24.3 Å². The van der Waals surface area contributed by atoms with Crippen molar-refractivity contribution in [2.75, 3.05) is 6.61 Å². The van der Waals surface area contributed by atoms with E-state index in [1.165, 1.54) is 30.5 Å². The van der Waals surface area contributed by atoms with E-state index in [1.807, 2.05) is 0 Å². The summed E-state index contributed by atoms with van der Waals surface area (Å²) in [5.74, 6) is -0.600. The number of amides is 1. The number of para-hydroxylation sites is 2. The first kappa shape index (κ1) is 17.4. The van der Waals surface area contributed by atoms with Crippen molar-refractivity contribution >= 4 is 33.7 Å². The fourth-order valence-corrected chi connectivity index (χ4v) is 2.09. The summed E-state index contributed by atoms with van der Waals surface area (Å²) < 4.78 is 5.86. The van der Waals surface area contributed by atoms with Crippen molar-refractivity contribution in [1.29, 1.82) is 0 Å².